The van der Waals surface area contributed by atoms with Crippen molar-refractivity contribution in [2.75, 3.05) is 41.2 Å². The van der Waals surface area contributed by atoms with Crippen molar-refractivity contribution in [1.82, 2.24) is 0 Å². The Bertz CT molecular complexity index is 525. The molecule has 0 saturated heterocycles. The zero-order chi connectivity index (χ0) is 17.2. The predicted octanol–water partition coefficient (Wildman–Crippen LogP) is 2.43. The molecule has 1 rings (SSSR count). The minimum absolute atomic E-state index is 0.0332. The number of phenols is 1. The summed E-state index contributed by atoms with van der Waals surface area (Å²) in [7, 11) is 4.60. The fraction of sp³-hybridized carbons (Fsp3) is 0.471. The number of carbonyl (C=O) groups excluding carboxylic acids is 1. The van der Waals surface area contributed by atoms with Gasteiger partial charge in [-0.2, -0.15) is 0 Å². The lowest BCUT2D eigenvalue weighted by atomic mass is 9.98. The molecular formula is C17H24O6. The van der Waals surface area contributed by atoms with Crippen molar-refractivity contribution in [3.8, 4) is 17.2 Å². The molecule has 0 amide bonds. The number of phenolic OH excluding ortho intramolecular Hbond substituents is 1. The van der Waals surface area contributed by atoms with Crippen molar-refractivity contribution in [2.24, 2.45) is 0 Å². The summed E-state index contributed by atoms with van der Waals surface area (Å²) in [6.07, 6.45) is 1.27. The van der Waals surface area contributed by atoms with E-state index in [1.807, 2.05) is 6.92 Å². The zero-order valence-electron chi connectivity index (χ0n) is 14.0. The van der Waals surface area contributed by atoms with Gasteiger partial charge in [-0.05, 0) is 24.5 Å². The molecule has 1 aromatic rings. The van der Waals surface area contributed by atoms with E-state index in [4.69, 9.17) is 18.9 Å². The van der Waals surface area contributed by atoms with Crippen molar-refractivity contribution in [3.63, 3.8) is 0 Å². The Morgan fingerprint density at radius 1 is 1.09 bits per heavy atom. The molecule has 0 aromatic heterocycles. The van der Waals surface area contributed by atoms with Crippen molar-refractivity contribution in [1.29, 1.82) is 0 Å². The summed E-state index contributed by atoms with van der Waals surface area (Å²) >= 11 is 0. The van der Waals surface area contributed by atoms with E-state index in [0.29, 0.717) is 48.9 Å². The van der Waals surface area contributed by atoms with Gasteiger partial charge in [0.25, 0.3) is 0 Å². The molecule has 6 heteroatoms. The first-order valence-electron chi connectivity index (χ1n) is 7.26. The molecule has 128 valence electrons. The van der Waals surface area contributed by atoms with Gasteiger partial charge in [-0.15, -0.1) is 0 Å². The highest BCUT2D eigenvalue weighted by Gasteiger charge is 2.17. The van der Waals surface area contributed by atoms with E-state index in [2.05, 4.69) is 0 Å². The van der Waals surface area contributed by atoms with Crippen LogP contribution in [0.1, 0.15) is 18.9 Å². The lowest BCUT2D eigenvalue weighted by Crippen LogP contribution is -2.05. The van der Waals surface area contributed by atoms with Crippen molar-refractivity contribution < 1.29 is 28.8 Å². The molecule has 6 nitrogen and oxygen atoms in total. The second-order valence-corrected chi connectivity index (χ2v) is 4.85. The third-order valence-electron chi connectivity index (χ3n) is 3.44. The fourth-order valence-corrected chi connectivity index (χ4v) is 2.19. The summed E-state index contributed by atoms with van der Waals surface area (Å²) in [6, 6.07) is 2.97. The van der Waals surface area contributed by atoms with Gasteiger partial charge in [0.2, 0.25) is 0 Å². The van der Waals surface area contributed by atoms with E-state index in [9.17, 15) is 9.90 Å². The number of aromatic hydroxyl groups is 1. The summed E-state index contributed by atoms with van der Waals surface area (Å²) in [5.74, 6) is 0.920. The number of allylic oxidation sites excluding steroid dienone is 1. The first-order chi connectivity index (χ1) is 11.1. The van der Waals surface area contributed by atoms with Crippen LogP contribution in [0.4, 0.5) is 0 Å². The van der Waals surface area contributed by atoms with Crippen LogP contribution in [-0.4, -0.2) is 52.5 Å². The van der Waals surface area contributed by atoms with Gasteiger partial charge in [-0.3, -0.25) is 4.79 Å². The molecule has 0 saturated carbocycles. The Labute approximate surface area is 136 Å². The molecule has 0 aliphatic rings. The highest BCUT2D eigenvalue weighted by atomic mass is 16.5. The topological polar surface area (TPSA) is 74.2 Å². The minimum Gasteiger partial charge on any atom is -0.508 e. The number of methoxy groups -OCH3 is 3. The maximum atomic E-state index is 11.4. The van der Waals surface area contributed by atoms with Crippen molar-refractivity contribution >= 4 is 11.9 Å². The average molecular weight is 324 g/mol. The second-order valence-electron chi connectivity index (χ2n) is 4.85. The van der Waals surface area contributed by atoms with Crippen LogP contribution in [0, 0.1) is 0 Å². The monoisotopic (exact) mass is 324 g/mol. The number of hydrogen-bond acceptors (Lipinski definition) is 6. The number of rotatable bonds is 10. The molecule has 1 aromatic carbocycles. The summed E-state index contributed by atoms with van der Waals surface area (Å²) in [4.78, 5) is 11.4. The van der Waals surface area contributed by atoms with Crippen LogP contribution in [0.3, 0.4) is 0 Å². The summed E-state index contributed by atoms with van der Waals surface area (Å²) < 4.78 is 20.9. The number of hydrogen-bond donors (Lipinski definition) is 1. The lowest BCUT2D eigenvalue weighted by Gasteiger charge is -2.16. The third-order valence-corrected chi connectivity index (χ3v) is 3.44. The van der Waals surface area contributed by atoms with E-state index in [0.717, 1.165) is 11.9 Å². The van der Waals surface area contributed by atoms with Gasteiger partial charge in [0, 0.05) is 19.2 Å². The Morgan fingerprint density at radius 3 is 2.17 bits per heavy atom. The SMILES string of the molecule is COCCOCC/C(C=O)=C(\C)c1c(OC)cc(O)cc1OC. The minimum atomic E-state index is 0.0332. The summed E-state index contributed by atoms with van der Waals surface area (Å²) in [5, 5.41) is 9.70. The summed E-state index contributed by atoms with van der Waals surface area (Å²) in [6.45, 7) is 3.22. The summed E-state index contributed by atoms with van der Waals surface area (Å²) in [5.41, 5.74) is 1.96. The average Bonchev–Trinajstić information content (AvgIpc) is 2.56. The molecule has 0 aliphatic carbocycles. The van der Waals surface area contributed by atoms with Gasteiger partial charge in [0.05, 0.1) is 39.6 Å². The standard InChI is InChI=1S/C17H24O6/c1-12(13(11-18)5-6-23-8-7-20-2)17-15(21-3)9-14(19)10-16(17)22-4/h9-11,19H,5-8H2,1-4H3/b13-12-. The Hall–Kier alpha value is -2.05. The van der Waals surface area contributed by atoms with E-state index in [1.54, 1.807) is 7.11 Å². The quantitative estimate of drug-likeness (QED) is 0.405. The molecule has 0 spiro atoms. The van der Waals surface area contributed by atoms with Crippen molar-refractivity contribution in [3.05, 3.63) is 23.3 Å². The number of ether oxygens (including phenoxy) is 4. The molecule has 23 heavy (non-hydrogen) atoms. The van der Waals surface area contributed by atoms with Gasteiger partial charge >= 0.3 is 0 Å². The van der Waals surface area contributed by atoms with E-state index >= 15 is 0 Å². The largest absolute Gasteiger partial charge is 0.508 e. The number of aldehydes is 1. The predicted molar refractivity (Wildman–Crippen MR) is 87.2 cm³/mol. The Balaban J connectivity index is 3.07. The van der Waals surface area contributed by atoms with Gasteiger partial charge < -0.3 is 24.1 Å². The van der Waals surface area contributed by atoms with Crippen LogP contribution in [0.2, 0.25) is 0 Å². The maximum absolute atomic E-state index is 11.4. The number of benzene rings is 1. The first kappa shape index (κ1) is 19.0. The Kier molecular flexibility index (Phi) is 8.15. The van der Waals surface area contributed by atoms with E-state index in [-0.39, 0.29) is 5.75 Å². The molecule has 0 radical (unpaired) electrons. The fourth-order valence-electron chi connectivity index (χ4n) is 2.19. The Morgan fingerprint density at radius 2 is 1.70 bits per heavy atom. The highest BCUT2D eigenvalue weighted by Crippen LogP contribution is 2.39. The first-order valence-corrected chi connectivity index (χ1v) is 7.26. The van der Waals surface area contributed by atoms with Gasteiger partial charge in [-0.25, -0.2) is 0 Å². The van der Waals surface area contributed by atoms with E-state index < -0.39 is 0 Å². The zero-order valence-corrected chi connectivity index (χ0v) is 14.0. The second kappa shape index (κ2) is 9.86. The molecule has 0 unspecified atom stereocenters. The van der Waals surface area contributed by atoms with Crippen LogP contribution in [0.5, 0.6) is 17.2 Å². The maximum Gasteiger partial charge on any atom is 0.146 e. The molecule has 0 aliphatic heterocycles. The van der Waals surface area contributed by atoms with Crippen LogP contribution < -0.4 is 9.47 Å². The molecule has 0 bridgehead atoms. The van der Waals surface area contributed by atoms with Crippen molar-refractivity contribution in [2.45, 2.75) is 13.3 Å². The van der Waals surface area contributed by atoms with Crippen LogP contribution in [-0.2, 0) is 14.3 Å². The van der Waals surface area contributed by atoms with Gasteiger partial charge in [0.15, 0.2) is 0 Å². The highest BCUT2D eigenvalue weighted by molar-refractivity contribution is 5.90. The van der Waals surface area contributed by atoms with Gasteiger partial charge in [0.1, 0.15) is 23.5 Å². The molecule has 0 atom stereocenters. The van der Waals surface area contributed by atoms with E-state index in [1.165, 1.54) is 26.4 Å². The smallest absolute Gasteiger partial charge is 0.146 e. The van der Waals surface area contributed by atoms with Crippen LogP contribution >= 0.6 is 0 Å². The normalized spacial score (nSPS) is 11.8. The van der Waals surface area contributed by atoms with Crippen LogP contribution in [0.25, 0.3) is 5.57 Å². The molecule has 0 heterocycles. The van der Waals surface area contributed by atoms with Crippen LogP contribution in [0.15, 0.2) is 17.7 Å². The van der Waals surface area contributed by atoms with Gasteiger partial charge in [-0.1, -0.05) is 0 Å². The lowest BCUT2D eigenvalue weighted by molar-refractivity contribution is -0.105. The number of carbonyl (C=O) groups is 1. The molecule has 0 fully saturated rings. The molecular weight excluding hydrogens is 300 g/mol. The third kappa shape index (κ3) is 5.26. The molecule has 1 N–H and O–H groups in total.